The molecular weight excluding hydrogens is 567 g/mol. The number of nitrogens with one attached hydrogen (secondary N) is 2. The van der Waals surface area contributed by atoms with Gasteiger partial charge in [0.05, 0.1) is 9.79 Å². The van der Waals surface area contributed by atoms with Crippen molar-refractivity contribution in [2.45, 2.75) is 82.8 Å². The number of hydrogen-bond acceptors (Lipinski definition) is 5. The predicted molar refractivity (Wildman–Crippen MR) is 171 cm³/mol. The van der Waals surface area contributed by atoms with Gasteiger partial charge in [-0.05, 0) is 55.5 Å². The average molecular weight is 614 g/mol. The Labute approximate surface area is 253 Å². The van der Waals surface area contributed by atoms with Crippen molar-refractivity contribution in [3.8, 4) is 0 Å². The van der Waals surface area contributed by atoms with Gasteiger partial charge < -0.3 is 0 Å². The van der Waals surface area contributed by atoms with E-state index < -0.39 is 20.0 Å². The number of rotatable bonds is 16. The molecule has 4 atom stereocenters. The van der Waals surface area contributed by atoms with Crippen LogP contribution in [-0.4, -0.2) is 46.9 Å². The summed E-state index contributed by atoms with van der Waals surface area (Å²) in [5.74, 6) is 0.101. The van der Waals surface area contributed by atoms with Crippen LogP contribution < -0.4 is 9.44 Å². The normalized spacial score (nSPS) is 15.3. The lowest BCUT2D eigenvalue weighted by Crippen LogP contribution is -2.52. The van der Waals surface area contributed by atoms with E-state index in [2.05, 4.69) is 42.0 Å². The summed E-state index contributed by atoms with van der Waals surface area (Å²) in [5, 5.41) is 0. The molecule has 0 aliphatic rings. The van der Waals surface area contributed by atoms with Crippen molar-refractivity contribution < 1.29 is 16.8 Å². The van der Waals surface area contributed by atoms with Gasteiger partial charge in [0.2, 0.25) is 20.0 Å². The van der Waals surface area contributed by atoms with Crippen LogP contribution in [0.15, 0.2) is 88.7 Å². The zero-order chi connectivity index (χ0) is 30.9. The predicted octanol–water partition coefficient (Wildman–Crippen LogP) is 5.89. The molecule has 0 aliphatic carbocycles. The van der Waals surface area contributed by atoms with Crippen molar-refractivity contribution in [1.82, 2.24) is 14.3 Å². The fraction of sp³-hybridized carbons (Fsp3) is 0.455. The molecular formula is C33H47N3O4S2. The summed E-state index contributed by atoms with van der Waals surface area (Å²) in [6.45, 7) is 13.5. The fourth-order valence-electron chi connectivity index (χ4n) is 4.81. The minimum atomic E-state index is -3.76. The van der Waals surface area contributed by atoms with Crippen LogP contribution in [0.25, 0.3) is 0 Å². The van der Waals surface area contributed by atoms with E-state index in [0.29, 0.717) is 19.6 Å². The van der Waals surface area contributed by atoms with Gasteiger partial charge in [-0.25, -0.2) is 26.3 Å². The number of hydrogen-bond donors (Lipinski definition) is 2. The molecule has 2 N–H and O–H groups in total. The highest BCUT2D eigenvalue weighted by atomic mass is 32.2. The summed E-state index contributed by atoms with van der Waals surface area (Å²) in [7, 11) is -7.51. The van der Waals surface area contributed by atoms with Crippen molar-refractivity contribution in [1.29, 1.82) is 0 Å². The third-order valence-electron chi connectivity index (χ3n) is 8.10. The third kappa shape index (κ3) is 9.74. The lowest BCUT2D eigenvalue weighted by atomic mass is 9.97. The molecule has 0 heterocycles. The molecule has 3 aromatic carbocycles. The standard InChI is InChI=1S/C33H47N3O4S2/c1-7-27(5)32(34-41(37,38)30-18-14-25(3)15-19-30)23-36(22-29-12-10-9-11-13-29)24-33(28(6)8-2)35-42(39,40)31-20-16-26(4)17-21-31/h9-21,27-28,32-35H,7-8,22-24H2,1-6H3/t27?,28?,32-,33-/m1/s1. The summed E-state index contributed by atoms with van der Waals surface area (Å²) in [4.78, 5) is 2.65. The molecule has 0 amide bonds. The van der Waals surface area contributed by atoms with Gasteiger partial charge in [-0.1, -0.05) is 106 Å². The molecule has 9 heteroatoms. The van der Waals surface area contributed by atoms with E-state index in [4.69, 9.17) is 0 Å². The number of benzene rings is 3. The van der Waals surface area contributed by atoms with Crippen LogP contribution in [0.5, 0.6) is 0 Å². The van der Waals surface area contributed by atoms with E-state index in [1.807, 2.05) is 44.2 Å². The van der Waals surface area contributed by atoms with Crippen molar-refractivity contribution >= 4 is 20.0 Å². The zero-order valence-electron chi connectivity index (χ0n) is 25.7. The van der Waals surface area contributed by atoms with Crippen LogP contribution >= 0.6 is 0 Å². The van der Waals surface area contributed by atoms with Gasteiger partial charge in [-0.15, -0.1) is 0 Å². The molecule has 0 saturated carbocycles. The molecule has 0 saturated heterocycles. The van der Waals surface area contributed by atoms with Gasteiger partial charge in [-0.2, -0.15) is 0 Å². The van der Waals surface area contributed by atoms with E-state index in [1.54, 1.807) is 48.5 Å². The summed E-state index contributed by atoms with van der Waals surface area (Å²) >= 11 is 0. The Bertz CT molecular complexity index is 1370. The van der Waals surface area contributed by atoms with E-state index in [9.17, 15) is 16.8 Å². The second kappa shape index (κ2) is 15.3. The van der Waals surface area contributed by atoms with Gasteiger partial charge in [0.15, 0.2) is 0 Å². The largest absolute Gasteiger partial charge is 0.296 e. The van der Waals surface area contributed by atoms with E-state index >= 15 is 0 Å². The molecule has 3 aromatic rings. The SMILES string of the molecule is CCC(C)[C@@H](CN(Cc1ccccc1)C[C@@H](NS(=O)(=O)c1ccc(C)cc1)C(C)CC)NS(=O)(=O)c1ccc(C)cc1. The fourth-order valence-corrected chi connectivity index (χ4v) is 7.48. The summed E-state index contributed by atoms with van der Waals surface area (Å²) in [6.07, 6.45) is 1.57. The van der Waals surface area contributed by atoms with E-state index in [-0.39, 0.29) is 33.7 Å². The maximum atomic E-state index is 13.4. The highest BCUT2D eigenvalue weighted by molar-refractivity contribution is 7.89. The topological polar surface area (TPSA) is 95.6 Å². The molecule has 0 radical (unpaired) electrons. The lowest BCUT2D eigenvalue weighted by molar-refractivity contribution is 0.184. The summed E-state index contributed by atoms with van der Waals surface area (Å²) in [6, 6.07) is 22.9. The van der Waals surface area contributed by atoms with Crippen molar-refractivity contribution in [3.05, 3.63) is 95.6 Å². The highest BCUT2D eigenvalue weighted by Crippen LogP contribution is 2.20. The first-order valence-corrected chi connectivity index (χ1v) is 17.8. The molecule has 0 aliphatic heterocycles. The maximum Gasteiger partial charge on any atom is 0.240 e. The Balaban J connectivity index is 1.93. The molecule has 2 unspecified atom stereocenters. The Hall–Kier alpha value is -2.56. The smallest absolute Gasteiger partial charge is 0.240 e. The average Bonchev–Trinajstić information content (AvgIpc) is 2.96. The molecule has 42 heavy (non-hydrogen) atoms. The molecule has 0 spiro atoms. The molecule has 230 valence electrons. The van der Waals surface area contributed by atoms with Gasteiger partial charge >= 0.3 is 0 Å². The third-order valence-corrected chi connectivity index (χ3v) is 11.1. The maximum absolute atomic E-state index is 13.4. The second-order valence-corrected chi connectivity index (χ2v) is 15.0. The molecule has 0 fully saturated rings. The highest BCUT2D eigenvalue weighted by Gasteiger charge is 2.30. The van der Waals surface area contributed by atoms with Gasteiger partial charge in [0.25, 0.3) is 0 Å². The Morgan fingerprint density at radius 2 is 1.00 bits per heavy atom. The Morgan fingerprint density at radius 1 is 0.619 bits per heavy atom. The number of sulfonamides is 2. The van der Waals surface area contributed by atoms with Crippen LogP contribution in [0.1, 0.15) is 57.2 Å². The first-order valence-electron chi connectivity index (χ1n) is 14.8. The van der Waals surface area contributed by atoms with Crippen molar-refractivity contribution in [2.24, 2.45) is 11.8 Å². The van der Waals surface area contributed by atoms with Crippen LogP contribution in [0.2, 0.25) is 0 Å². The monoisotopic (exact) mass is 613 g/mol. The Kier molecular flexibility index (Phi) is 12.3. The molecule has 0 aromatic heterocycles. The molecule has 3 rings (SSSR count). The van der Waals surface area contributed by atoms with Crippen molar-refractivity contribution in [2.75, 3.05) is 13.1 Å². The first kappa shape index (κ1) is 33.9. The van der Waals surface area contributed by atoms with Gasteiger partial charge in [0, 0.05) is 31.7 Å². The molecule has 0 bridgehead atoms. The van der Waals surface area contributed by atoms with Gasteiger partial charge in [-0.3, -0.25) is 4.90 Å². The van der Waals surface area contributed by atoms with Crippen LogP contribution in [0.3, 0.4) is 0 Å². The Morgan fingerprint density at radius 3 is 1.36 bits per heavy atom. The zero-order valence-corrected chi connectivity index (χ0v) is 27.4. The van der Waals surface area contributed by atoms with E-state index in [0.717, 1.165) is 29.5 Å². The minimum absolute atomic E-state index is 0.0507. The number of nitrogens with zero attached hydrogens (tertiary/aromatic N) is 1. The summed E-state index contributed by atoms with van der Waals surface area (Å²) < 4.78 is 59.7. The molecule has 7 nitrogen and oxygen atoms in total. The van der Waals surface area contributed by atoms with Crippen LogP contribution in [0, 0.1) is 25.7 Å². The van der Waals surface area contributed by atoms with Crippen molar-refractivity contribution in [3.63, 3.8) is 0 Å². The van der Waals surface area contributed by atoms with Crippen LogP contribution in [-0.2, 0) is 26.6 Å². The lowest BCUT2D eigenvalue weighted by Gasteiger charge is -2.35. The number of aryl methyl sites for hydroxylation is 2. The second-order valence-electron chi connectivity index (χ2n) is 11.5. The first-order chi connectivity index (χ1) is 19.8. The van der Waals surface area contributed by atoms with E-state index in [1.165, 1.54) is 0 Å². The minimum Gasteiger partial charge on any atom is -0.296 e. The summed E-state index contributed by atoms with van der Waals surface area (Å²) in [5.41, 5.74) is 3.06. The quantitative estimate of drug-likeness (QED) is 0.210. The van der Waals surface area contributed by atoms with Gasteiger partial charge in [0.1, 0.15) is 0 Å². The van der Waals surface area contributed by atoms with Crippen LogP contribution in [0.4, 0.5) is 0 Å².